The molecule has 3 aromatic rings. The van der Waals surface area contributed by atoms with Crippen molar-refractivity contribution in [1.82, 2.24) is 5.06 Å². The van der Waals surface area contributed by atoms with Crippen LogP contribution in [-0.4, -0.2) is 31.4 Å². The van der Waals surface area contributed by atoms with Crippen LogP contribution < -0.4 is 0 Å². The molecule has 0 N–H and O–H groups in total. The van der Waals surface area contributed by atoms with Crippen LogP contribution in [0.3, 0.4) is 0 Å². The Bertz CT molecular complexity index is 1240. The predicted octanol–water partition coefficient (Wildman–Crippen LogP) is 6.03. The molecule has 0 spiro atoms. The molecule has 0 aliphatic heterocycles. The molecule has 3 aromatic carbocycles. The van der Waals surface area contributed by atoms with E-state index in [9.17, 15) is 27.2 Å². The van der Waals surface area contributed by atoms with Gasteiger partial charge in [-0.1, -0.05) is 48.6 Å². The monoisotopic (exact) mass is 469 g/mol. The van der Waals surface area contributed by atoms with Crippen LogP contribution in [0.4, 0.5) is 17.6 Å². The summed E-state index contributed by atoms with van der Waals surface area (Å²) in [6.07, 6.45) is 5.01. The molecule has 0 aliphatic carbocycles. The van der Waals surface area contributed by atoms with Crippen molar-refractivity contribution < 1.29 is 32.0 Å². The summed E-state index contributed by atoms with van der Waals surface area (Å²) in [4.78, 5) is 27.5. The topological polar surface area (TPSA) is 46.6 Å². The number of aldehydes is 1. The van der Waals surface area contributed by atoms with Gasteiger partial charge in [-0.25, -0.2) is 22.6 Å². The molecule has 34 heavy (non-hydrogen) atoms. The van der Waals surface area contributed by atoms with Crippen LogP contribution >= 0.6 is 0 Å². The number of hydroxylamine groups is 2. The normalized spacial score (nSPS) is 11.4. The van der Waals surface area contributed by atoms with E-state index < -0.39 is 40.3 Å². The molecule has 4 nitrogen and oxygen atoms in total. The molecule has 0 bridgehead atoms. The van der Waals surface area contributed by atoms with Gasteiger partial charge in [0.15, 0.2) is 23.3 Å². The Morgan fingerprint density at radius 3 is 1.47 bits per heavy atom. The zero-order valence-corrected chi connectivity index (χ0v) is 18.2. The maximum absolute atomic E-state index is 14.6. The first-order valence-electron chi connectivity index (χ1n) is 9.96. The van der Waals surface area contributed by atoms with Crippen molar-refractivity contribution in [3.63, 3.8) is 0 Å². The van der Waals surface area contributed by atoms with Gasteiger partial charge in [0, 0.05) is 18.2 Å². The van der Waals surface area contributed by atoms with Gasteiger partial charge in [-0.05, 0) is 35.4 Å². The third-order valence-corrected chi connectivity index (χ3v) is 5.01. The molecule has 1 amide bonds. The van der Waals surface area contributed by atoms with Gasteiger partial charge in [0.1, 0.15) is 6.29 Å². The van der Waals surface area contributed by atoms with Crippen molar-refractivity contribution in [2.24, 2.45) is 0 Å². The van der Waals surface area contributed by atoms with E-state index in [-0.39, 0.29) is 0 Å². The third kappa shape index (κ3) is 5.29. The number of hydrogen-bond donors (Lipinski definition) is 0. The first-order chi connectivity index (χ1) is 16.3. The van der Waals surface area contributed by atoms with E-state index >= 15 is 0 Å². The Kier molecular flexibility index (Phi) is 7.75. The molecular formula is C26H19F4NO3. The molecule has 0 radical (unpaired) electrons. The zero-order chi connectivity index (χ0) is 24.8. The summed E-state index contributed by atoms with van der Waals surface area (Å²) in [5.74, 6) is -6.56. The third-order valence-electron chi connectivity index (χ3n) is 5.01. The lowest BCUT2D eigenvalue weighted by molar-refractivity contribution is -0.0756. The number of carbonyl (C=O) groups is 2. The Balaban J connectivity index is 1.87. The van der Waals surface area contributed by atoms with Crippen LogP contribution in [-0.2, 0) is 4.84 Å². The van der Waals surface area contributed by atoms with Gasteiger partial charge in [0.2, 0.25) is 0 Å². The van der Waals surface area contributed by atoms with E-state index in [4.69, 9.17) is 4.84 Å². The molecular weight excluding hydrogens is 450 g/mol. The van der Waals surface area contributed by atoms with Crippen LogP contribution in [0.1, 0.15) is 43.0 Å². The highest BCUT2D eigenvalue weighted by Crippen LogP contribution is 2.27. The quantitative estimate of drug-likeness (QED) is 0.140. The highest BCUT2D eigenvalue weighted by atomic mass is 19.2. The van der Waals surface area contributed by atoms with Gasteiger partial charge in [0.05, 0.1) is 18.2 Å². The molecule has 0 unspecified atom stereocenters. The van der Waals surface area contributed by atoms with Gasteiger partial charge in [-0.15, -0.1) is 0 Å². The molecule has 3 rings (SSSR count). The second-order valence-corrected chi connectivity index (χ2v) is 7.14. The van der Waals surface area contributed by atoms with Crippen molar-refractivity contribution >= 4 is 36.5 Å². The standard InChI is InChI=1S/C26H19F4NO3/c1-31(34-2)26(33)19-11-7-17(8-12-19)10-14-21-24(29)22(27)20(23(28)25(21)30)13-9-16-3-5-18(15-32)6-4-16/h3-15H,1-2H3/b13-9+,14-10+. The second kappa shape index (κ2) is 10.7. The van der Waals surface area contributed by atoms with Crippen LogP contribution in [0.25, 0.3) is 24.3 Å². The van der Waals surface area contributed by atoms with Crippen LogP contribution in [0.15, 0.2) is 48.5 Å². The van der Waals surface area contributed by atoms with Gasteiger partial charge >= 0.3 is 0 Å². The van der Waals surface area contributed by atoms with Gasteiger partial charge in [0.25, 0.3) is 5.91 Å². The highest BCUT2D eigenvalue weighted by Gasteiger charge is 2.22. The molecule has 0 atom stereocenters. The van der Waals surface area contributed by atoms with Gasteiger partial charge in [-0.3, -0.25) is 14.4 Å². The van der Waals surface area contributed by atoms with E-state index in [2.05, 4.69) is 0 Å². The molecule has 0 saturated carbocycles. The Morgan fingerprint density at radius 2 is 1.09 bits per heavy atom. The summed E-state index contributed by atoms with van der Waals surface area (Å²) >= 11 is 0. The summed E-state index contributed by atoms with van der Waals surface area (Å²) in [7, 11) is 2.77. The molecule has 0 aliphatic rings. The van der Waals surface area contributed by atoms with E-state index in [1.165, 1.54) is 74.8 Å². The fourth-order valence-corrected chi connectivity index (χ4v) is 3.00. The van der Waals surface area contributed by atoms with Crippen LogP contribution in [0, 0.1) is 23.3 Å². The number of carbonyl (C=O) groups excluding carboxylic acids is 2. The summed E-state index contributed by atoms with van der Waals surface area (Å²) in [6.45, 7) is 0. The smallest absolute Gasteiger partial charge is 0.277 e. The second-order valence-electron chi connectivity index (χ2n) is 7.14. The Hall–Kier alpha value is -4.04. The maximum atomic E-state index is 14.6. The summed E-state index contributed by atoms with van der Waals surface area (Å²) in [5, 5.41) is 1.03. The molecule has 174 valence electrons. The number of halogens is 4. The number of rotatable bonds is 7. The van der Waals surface area contributed by atoms with Crippen molar-refractivity contribution in [2.75, 3.05) is 14.2 Å². The largest absolute Gasteiger partial charge is 0.298 e. The number of amides is 1. The molecule has 0 fully saturated rings. The fourth-order valence-electron chi connectivity index (χ4n) is 3.00. The average Bonchev–Trinajstić information content (AvgIpc) is 2.87. The van der Waals surface area contributed by atoms with Crippen molar-refractivity contribution in [3.8, 4) is 0 Å². The van der Waals surface area contributed by atoms with Crippen molar-refractivity contribution in [3.05, 3.63) is 105 Å². The lowest BCUT2D eigenvalue weighted by Crippen LogP contribution is -2.25. The zero-order valence-electron chi connectivity index (χ0n) is 18.2. The van der Waals surface area contributed by atoms with Crippen LogP contribution in [0.2, 0.25) is 0 Å². The Labute approximate surface area is 193 Å². The molecule has 0 saturated heterocycles. The number of nitrogens with zero attached hydrogens (tertiary/aromatic N) is 1. The summed E-state index contributed by atoms with van der Waals surface area (Å²) < 4.78 is 58.2. The maximum Gasteiger partial charge on any atom is 0.277 e. The Morgan fingerprint density at radius 1 is 0.706 bits per heavy atom. The molecule has 0 heterocycles. The van der Waals surface area contributed by atoms with Crippen LogP contribution in [0.5, 0.6) is 0 Å². The fraction of sp³-hybridized carbons (Fsp3) is 0.0769. The minimum atomic E-state index is -1.54. The highest BCUT2D eigenvalue weighted by molar-refractivity contribution is 5.93. The number of hydrogen-bond acceptors (Lipinski definition) is 3. The lowest BCUT2D eigenvalue weighted by Gasteiger charge is -2.13. The van der Waals surface area contributed by atoms with Gasteiger partial charge < -0.3 is 0 Å². The first-order valence-corrected chi connectivity index (χ1v) is 9.96. The van der Waals surface area contributed by atoms with E-state index in [0.717, 1.165) is 17.2 Å². The van der Waals surface area contributed by atoms with E-state index in [1.807, 2.05) is 0 Å². The summed E-state index contributed by atoms with van der Waals surface area (Å²) in [5.41, 5.74) is -0.0931. The first kappa shape index (κ1) is 24.6. The summed E-state index contributed by atoms with van der Waals surface area (Å²) in [6, 6.07) is 12.0. The lowest BCUT2D eigenvalue weighted by atomic mass is 10.0. The van der Waals surface area contributed by atoms with Crippen molar-refractivity contribution in [2.45, 2.75) is 0 Å². The van der Waals surface area contributed by atoms with Gasteiger partial charge in [-0.2, -0.15) is 0 Å². The predicted molar refractivity (Wildman–Crippen MR) is 122 cm³/mol. The van der Waals surface area contributed by atoms with Crippen molar-refractivity contribution in [1.29, 1.82) is 0 Å². The minimum absolute atomic E-state index is 0.313. The molecule has 0 aromatic heterocycles. The minimum Gasteiger partial charge on any atom is -0.298 e. The average molecular weight is 469 g/mol. The molecule has 8 heteroatoms. The van der Waals surface area contributed by atoms with E-state index in [1.54, 1.807) is 0 Å². The SMILES string of the molecule is CON(C)C(=O)c1ccc(/C=C/c2c(F)c(F)c(/C=C/c3ccc(C=O)cc3)c(F)c2F)cc1. The number of benzene rings is 3. The van der Waals surface area contributed by atoms with E-state index in [0.29, 0.717) is 28.5 Å².